The number of carbonyl (C=O) groups excluding carboxylic acids is 1. The van der Waals surface area contributed by atoms with E-state index >= 15 is 0 Å². The summed E-state index contributed by atoms with van der Waals surface area (Å²) in [6, 6.07) is 11.3. The zero-order valence-electron chi connectivity index (χ0n) is 18.1. The summed E-state index contributed by atoms with van der Waals surface area (Å²) < 4.78 is 0. The molecule has 3 saturated heterocycles. The van der Waals surface area contributed by atoms with Gasteiger partial charge in [0.2, 0.25) is 5.91 Å². The molecule has 1 aromatic carbocycles. The Morgan fingerprint density at radius 1 is 1.31 bits per heavy atom. The van der Waals surface area contributed by atoms with Gasteiger partial charge >= 0.3 is 0 Å². The predicted molar refractivity (Wildman–Crippen MR) is 117 cm³/mol. The number of hydrogen-bond acceptors (Lipinski definition) is 4. The smallest absolute Gasteiger partial charge is 0.240 e. The number of unbranched alkanes of at least 4 members (excludes halogenated alkanes) is 1. The highest BCUT2D eigenvalue weighted by Gasteiger charge is 2.64. The molecule has 160 valence electrons. The van der Waals surface area contributed by atoms with Gasteiger partial charge in [-0.1, -0.05) is 44.2 Å². The molecule has 5 atom stereocenters. The summed E-state index contributed by atoms with van der Waals surface area (Å²) in [4.78, 5) is 16.3. The van der Waals surface area contributed by atoms with Crippen LogP contribution in [0.1, 0.15) is 38.7 Å². The fourth-order valence-corrected chi connectivity index (χ4v) is 6.32. The Morgan fingerprint density at radius 3 is 2.83 bits per heavy atom. The van der Waals surface area contributed by atoms with Crippen molar-refractivity contribution in [1.82, 2.24) is 15.5 Å². The summed E-state index contributed by atoms with van der Waals surface area (Å²) in [5.74, 6) is 2.50. The molecule has 5 rings (SSSR count). The molecule has 0 spiro atoms. The van der Waals surface area contributed by atoms with Gasteiger partial charge in [-0.3, -0.25) is 9.69 Å². The monoisotopic (exact) mass is 398 g/mol. The molecule has 29 heavy (non-hydrogen) atoms. The van der Waals surface area contributed by atoms with Crippen LogP contribution >= 0.6 is 0 Å². The highest BCUT2D eigenvalue weighted by molar-refractivity contribution is 5.87. The molecule has 4 N–H and O–H groups in total. The number of fused-ring (bicyclic) bond motifs is 1. The third-order valence-corrected chi connectivity index (χ3v) is 7.44. The average molecular weight is 399 g/mol. The first-order valence-corrected chi connectivity index (χ1v) is 11.6. The van der Waals surface area contributed by atoms with E-state index in [1.807, 2.05) is 0 Å². The maximum atomic E-state index is 13.6. The Labute approximate surface area is 175 Å². The van der Waals surface area contributed by atoms with Crippen LogP contribution in [0.4, 0.5) is 0 Å². The lowest BCUT2D eigenvalue weighted by molar-refractivity contribution is -0.138. The molecular formula is C24H38N4O. The molecule has 0 radical (unpaired) electrons. The van der Waals surface area contributed by atoms with Gasteiger partial charge in [-0.25, -0.2) is 0 Å². The number of piperidine rings is 2. The Hall–Kier alpha value is -1.43. The largest absolute Gasteiger partial charge is 0.354 e. The highest BCUT2D eigenvalue weighted by atomic mass is 16.2. The SMILES string of the molecule is CC(C)CN1C[C@H]2C[C@]3(C(=O)NCCCCN)NC[C@H]2[C@H]1[C@H]3Cc1ccccc1. The molecule has 4 aliphatic rings. The average Bonchev–Trinajstić information content (AvgIpc) is 3.01. The van der Waals surface area contributed by atoms with Crippen LogP contribution in [-0.4, -0.2) is 55.1 Å². The summed E-state index contributed by atoms with van der Waals surface area (Å²) in [5, 5.41) is 7.02. The van der Waals surface area contributed by atoms with Crippen LogP contribution in [0.15, 0.2) is 30.3 Å². The molecule has 1 aliphatic carbocycles. The van der Waals surface area contributed by atoms with Gasteiger partial charge in [0.05, 0.1) is 0 Å². The number of hydrogen-bond donors (Lipinski definition) is 3. The second-order valence-corrected chi connectivity index (χ2v) is 9.87. The van der Waals surface area contributed by atoms with Crippen molar-refractivity contribution >= 4 is 5.91 Å². The van der Waals surface area contributed by atoms with Crippen molar-refractivity contribution in [2.45, 2.75) is 51.1 Å². The van der Waals surface area contributed by atoms with Gasteiger partial charge in [0, 0.05) is 38.1 Å². The molecule has 1 saturated carbocycles. The maximum Gasteiger partial charge on any atom is 0.240 e. The Balaban J connectivity index is 1.60. The first-order valence-electron chi connectivity index (χ1n) is 11.6. The molecular weight excluding hydrogens is 360 g/mol. The Bertz CT molecular complexity index is 693. The molecule has 4 bridgehead atoms. The predicted octanol–water partition coefficient (Wildman–Crippen LogP) is 2.02. The van der Waals surface area contributed by atoms with E-state index in [1.165, 1.54) is 5.56 Å². The van der Waals surface area contributed by atoms with Crippen molar-refractivity contribution in [3.63, 3.8) is 0 Å². The number of rotatable bonds is 9. The minimum Gasteiger partial charge on any atom is -0.354 e. The summed E-state index contributed by atoms with van der Waals surface area (Å²) >= 11 is 0. The number of benzene rings is 1. The van der Waals surface area contributed by atoms with E-state index in [1.54, 1.807) is 0 Å². The van der Waals surface area contributed by atoms with E-state index in [4.69, 9.17) is 5.73 Å². The van der Waals surface area contributed by atoms with Gasteiger partial charge in [-0.2, -0.15) is 0 Å². The van der Waals surface area contributed by atoms with Crippen LogP contribution in [0.5, 0.6) is 0 Å². The molecule has 0 aromatic heterocycles. The highest BCUT2D eigenvalue weighted by Crippen LogP contribution is 2.52. The summed E-state index contributed by atoms with van der Waals surface area (Å²) in [7, 11) is 0. The van der Waals surface area contributed by atoms with E-state index in [-0.39, 0.29) is 5.91 Å². The minimum absolute atomic E-state index is 0.218. The van der Waals surface area contributed by atoms with E-state index in [0.717, 1.165) is 51.9 Å². The zero-order valence-corrected chi connectivity index (χ0v) is 18.1. The van der Waals surface area contributed by atoms with Crippen molar-refractivity contribution in [1.29, 1.82) is 0 Å². The van der Waals surface area contributed by atoms with E-state index in [9.17, 15) is 4.79 Å². The minimum atomic E-state index is -0.436. The van der Waals surface area contributed by atoms with Crippen LogP contribution in [0.25, 0.3) is 0 Å². The van der Waals surface area contributed by atoms with Crippen molar-refractivity contribution in [2.75, 3.05) is 32.7 Å². The third-order valence-electron chi connectivity index (χ3n) is 7.44. The van der Waals surface area contributed by atoms with Crippen LogP contribution in [0.2, 0.25) is 0 Å². The lowest BCUT2D eigenvalue weighted by atomic mass is 9.58. The molecule has 5 nitrogen and oxygen atoms in total. The van der Waals surface area contributed by atoms with Crippen molar-refractivity contribution in [3.8, 4) is 0 Å². The Morgan fingerprint density at radius 2 is 2.10 bits per heavy atom. The molecule has 1 amide bonds. The Kier molecular flexibility index (Phi) is 6.28. The molecule has 1 aromatic rings. The summed E-state index contributed by atoms with van der Waals surface area (Å²) in [6.07, 6.45) is 3.86. The molecule has 0 unspecified atom stereocenters. The molecule has 5 heteroatoms. The second-order valence-electron chi connectivity index (χ2n) is 9.87. The quantitative estimate of drug-likeness (QED) is 0.557. The van der Waals surface area contributed by atoms with E-state index in [0.29, 0.717) is 36.3 Å². The number of amides is 1. The lowest BCUT2D eigenvalue weighted by Gasteiger charge is -2.56. The normalized spacial score (nSPS) is 33.4. The molecule has 4 fully saturated rings. The van der Waals surface area contributed by atoms with Crippen LogP contribution < -0.4 is 16.4 Å². The van der Waals surface area contributed by atoms with Gasteiger partial charge in [0.1, 0.15) is 5.54 Å². The fraction of sp³-hybridized carbons (Fsp3) is 0.708. The van der Waals surface area contributed by atoms with Gasteiger partial charge < -0.3 is 16.4 Å². The van der Waals surface area contributed by atoms with E-state index in [2.05, 4.69) is 59.7 Å². The lowest BCUT2D eigenvalue weighted by Crippen LogP contribution is -2.74. The van der Waals surface area contributed by atoms with Crippen LogP contribution in [-0.2, 0) is 11.2 Å². The standard InChI is InChI=1S/C24H38N4O/c1-17(2)15-28-16-19-13-24(23(29)26-11-7-6-10-25)21(22(28)20(19)14-27-24)12-18-8-4-3-5-9-18/h3-5,8-9,17,19-22,27H,6-7,10-16,25H2,1-2H3,(H,26,29)/t19-,20-,21-,22+,24+/m1/s1. The number of nitrogens with zero attached hydrogens (tertiary/aromatic N) is 1. The number of nitrogens with one attached hydrogen (secondary N) is 2. The van der Waals surface area contributed by atoms with Gasteiger partial charge in [-0.05, 0) is 55.5 Å². The first-order chi connectivity index (χ1) is 14.0. The topological polar surface area (TPSA) is 70.4 Å². The van der Waals surface area contributed by atoms with Crippen molar-refractivity contribution in [2.24, 2.45) is 29.4 Å². The fourth-order valence-electron chi connectivity index (χ4n) is 6.32. The second kappa shape index (κ2) is 8.75. The summed E-state index contributed by atoms with van der Waals surface area (Å²) in [6.45, 7) is 9.30. The first kappa shape index (κ1) is 20.8. The van der Waals surface area contributed by atoms with Gasteiger partial charge in [0.25, 0.3) is 0 Å². The molecule has 3 aliphatic heterocycles. The maximum absolute atomic E-state index is 13.6. The van der Waals surface area contributed by atoms with Crippen molar-refractivity contribution < 1.29 is 4.79 Å². The van der Waals surface area contributed by atoms with Crippen molar-refractivity contribution in [3.05, 3.63) is 35.9 Å². The third kappa shape index (κ3) is 3.97. The number of nitrogens with two attached hydrogens (primary N) is 1. The van der Waals surface area contributed by atoms with Crippen LogP contribution in [0.3, 0.4) is 0 Å². The summed E-state index contributed by atoms with van der Waals surface area (Å²) in [5.41, 5.74) is 6.53. The van der Waals surface area contributed by atoms with Gasteiger partial charge in [-0.15, -0.1) is 0 Å². The number of carbonyl (C=O) groups is 1. The number of likely N-dealkylation sites (tertiary alicyclic amines) is 1. The van der Waals surface area contributed by atoms with Crippen LogP contribution in [0, 0.1) is 23.7 Å². The molecule has 3 heterocycles. The zero-order chi connectivity index (χ0) is 20.4. The van der Waals surface area contributed by atoms with E-state index < -0.39 is 5.54 Å². The van der Waals surface area contributed by atoms with Gasteiger partial charge in [0.15, 0.2) is 0 Å².